The number of aromatic amines is 1. The predicted octanol–water partition coefficient (Wildman–Crippen LogP) is 2.68. The number of amides is 1. The van der Waals surface area contributed by atoms with Crippen LogP contribution in [0, 0.1) is 6.92 Å². The van der Waals surface area contributed by atoms with E-state index in [4.69, 9.17) is 4.74 Å². The minimum atomic E-state index is 0.165. The molecular weight excluding hydrogens is 290 g/mol. The zero-order chi connectivity index (χ0) is 16.2. The van der Waals surface area contributed by atoms with E-state index >= 15 is 0 Å². The number of carbonyl (C=O) groups excluding carboxylic acids is 1. The maximum atomic E-state index is 12.7. The van der Waals surface area contributed by atoms with Gasteiger partial charge in [-0.15, -0.1) is 0 Å². The van der Waals surface area contributed by atoms with Crippen molar-refractivity contribution in [2.75, 3.05) is 20.2 Å². The van der Waals surface area contributed by atoms with E-state index in [1.165, 1.54) is 0 Å². The minimum Gasteiger partial charge on any atom is -0.496 e. The maximum Gasteiger partial charge on any atom is 0.227 e. The van der Waals surface area contributed by atoms with Crippen LogP contribution in [0.4, 0.5) is 0 Å². The van der Waals surface area contributed by atoms with Gasteiger partial charge in [0.2, 0.25) is 5.91 Å². The van der Waals surface area contributed by atoms with Crippen molar-refractivity contribution >= 4 is 5.91 Å². The number of benzene rings is 1. The molecule has 5 heteroatoms. The summed E-state index contributed by atoms with van der Waals surface area (Å²) in [6.07, 6.45) is 4.29. The Morgan fingerprint density at radius 3 is 3.04 bits per heavy atom. The summed E-state index contributed by atoms with van der Waals surface area (Å²) in [5.74, 6) is 1.30. The molecule has 1 saturated heterocycles. The molecule has 1 aliphatic heterocycles. The smallest absolute Gasteiger partial charge is 0.227 e. The molecule has 5 nitrogen and oxygen atoms in total. The second-order valence-corrected chi connectivity index (χ2v) is 6.18. The minimum absolute atomic E-state index is 0.165. The van der Waals surface area contributed by atoms with Gasteiger partial charge in [-0.3, -0.25) is 9.89 Å². The normalized spacial score (nSPS) is 18.0. The van der Waals surface area contributed by atoms with Gasteiger partial charge < -0.3 is 9.64 Å². The first kappa shape index (κ1) is 15.6. The Bertz CT molecular complexity index is 667. The molecule has 1 aromatic heterocycles. The SMILES string of the molecule is COc1ccc(C)cc1CC(=O)N1CCC[C@@H](c2ccn[nH]2)C1. The van der Waals surface area contributed by atoms with E-state index < -0.39 is 0 Å². The fraction of sp³-hybridized carbons (Fsp3) is 0.444. The molecule has 3 rings (SSSR count). The second kappa shape index (κ2) is 6.86. The Morgan fingerprint density at radius 1 is 1.43 bits per heavy atom. The van der Waals surface area contributed by atoms with Crippen molar-refractivity contribution in [1.82, 2.24) is 15.1 Å². The van der Waals surface area contributed by atoms with Crippen molar-refractivity contribution < 1.29 is 9.53 Å². The summed E-state index contributed by atoms with van der Waals surface area (Å²) in [5, 5.41) is 7.06. The third-order valence-corrected chi connectivity index (χ3v) is 4.51. The highest BCUT2D eigenvalue weighted by Gasteiger charge is 2.26. The molecule has 2 aromatic rings. The molecule has 122 valence electrons. The molecule has 1 fully saturated rings. The third kappa shape index (κ3) is 3.55. The number of piperidine rings is 1. The van der Waals surface area contributed by atoms with E-state index in [0.717, 1.165) is 48.5 Å². The largest absolute Gasteiger partial charge is 0.496 e. The lowest BCUT2D eigenvalue weighted by Crippen LogP contribution is -2.40. The van der Waals surface area contributed by atoms with Gasteiger partial charge in [0.25, 0.3) is 0 Å². The fourth-order valence-electron chi connectivity index (χ4n) is 3.27. The number of rotatable bonds is 4. The van der Waals surface area contributed by atoms with Gasteiger partial charge in [0.05, 0.1) is 13.5 Å². The first-order valence-electron chi connectivity index (χ1n) is 8.08. The zero-order valence-electron chi connectivity index (χ0n) is 13.7. The van der Waals surface area contributed by atoms with Gasteiger partial charge in [-0.05, 0) is 31.9 Å². The quantitative estimate of drug-likeness (QED) is 0.944. The molecule has 1 atom stereocenters. The Labute approximate surface area is 136 Å². The van der Waals surface area contributed by atoms with Gasteiger partial charge in [-0.1, -0.05) is 17.7 Å². The van der Waals surface area contributed by atoms with E-state index in [-0.39, 0.29) is 5.91 Å². The van der Waals surface area contributed by atoms with Crippen LogP contribution in [0.1, 0.15) is 35.6 Å². The summed E-state index contributed by atoms with van der Waals surface area (Å²) in [6.45, 7) is 3.62. The lowest BCUT2D eigenvalue weighted by molar-refractivity contribution is -0.131. The number of nitrogens with zero attached hydrogens (tertiary/aromatic N) is 2. The number of carbonyl (C=O) groups is 1. The highest BCUT2D eigenvalue weighted by Crippen LogP contribution is 2.27. The van der Waals surface area contributed by atoms with Crippen LogP contribution in [0.25, 0.3) is 0 Å². The average molecular weight is 313 g/mol. The summed E-state index contributed by atoms with van der Waals surface area (Å²) < 4.78 is 5.38. The molecule has 1 aromatic carbocycles. The summed E-state index contributed by atoms with van der Waals surface area (Å²) >= 11 is 0. The summed E-state index contributed by atoms with van der Waals surface area (Å²) in [7, 11) is 1.65. The van der Waals surface area contributed by atoms with E-state index in [9.17, 15) is 4.79 Å². The van der Waals surface area contributed by atoms with Crippen LogP contribution in [0.15, 0.2) is 30.5 Å². The topological polar surface area (TPSA) is 58.2 Å². The van der Waals surface area contributed by atoms with Crippen molar-refractivity contribution in [1.29, 1.82) is 0 Å². The molecular formula is C18H23N3O2. The lowest BCUT2D eigenvalue weighted by Gasteiger charge is -2.32. The van der Waals surface area contributed by atoms with Crippen molar-refractivity contribution in [3.8, 4) is 5.75 Å². The number of hydrogen-bond acceptors (Lipinski definition) is 3. The monoisotopic (exact) mass is 313 g/mol. The number of aromatic nitrogens is 2. The van der Waals surface area contributed by atoms with Crippen molar-refractivity contribution in [3.05, 3.63) is 47.3 Å². The number of ether oxygens (including phenoxy) is 1. The number of aryl methyl sites for hydroxylation is 1. The summed E-state index contributed by atoms with van der Waals surface area (Å²) in [5.41, 5.74) is 3.22. The first-order valence-corrected chi connectivity index (χ1v) is 8.08. The van der Waals surface area contributed by atoms with E-state index in [0.29, 0.717) is 12.3 Å². The maximum absolute atomic E-state index is 12.7. The van der Waals surface area contributed by atoms with Crippen molar-refractivity contribution in [2.45, 2.75) is 32.1 Å². The van der Waals surface area contributed by atoms with E-state index in [1.54, 1.807) is 13.3 Å². The van der Waals surface area contributed by atoms with Crippen LogP contribution in [0.5, 0.6) is 5.75 Å². The lowest BCUT2D eigenvalue weighted by atomic mass is 9.94. The van der Waals surface area contributed by atoms with Gasteiger partial charge in [-0.25, -0.2) is 0 Å². The molecule has 1 amide bonds. The molecule has 1 aliphatic rings. The number of hydrogen-bond donors (Lipinski definition) is 1. The Balaban J connectivity index is 1.69. The van der Waals surface area contributed by atoms with Crippen LogP contribution >= 0.6 is 0 Å². The Morgan fingerprint density at radius 2 is 2.30 bits per heavy atom. The first-order chi connectivity index (χ1) is 11.2. The summed E-state index contributed by atoms with van der Waals surface area (Å²) in [4.78, 5) is 14.7. The van der Waals surface area contributed by atoms with Gasteiger partial charge in [0.1, 0.15) is 5.75 Å². The van der Waals surface area contributed by atoms with Crippen molar-refractivity contribution in [2.24, 2.45) is 0 Å². The predicted molar refractivity (Wildman–Crippen MR) is 88.6 cm³/mol. The van der Waals surface area contributed by atoms with Gasteiger partial charge in [0, 0.05) is 36.5 Å². The number of likely N-dealkylation sites (tertiary alicyclic amines) is 1. The van der Waals surface area contributed by atoms with Gasteiger partial charge >= 0.3 is 0 Å². The number of nitrogens with one attached hydrogen (secondary N) is 1. The molecule has 0 radical (unpaired) electrons. The zero-order valence-corrected chi connectivity index (χ0v) is 13.7. The molecule has 1 N–H and O–H groups in total. The van der Waals surface area contributed by atoms with Crippen LogP contribution in [-0.4, -0.2) is 41.2 Å². The van der Waals surface area contributed by atoms with Gasteiger partial charge in [0.15, 0.2) is 0 Å². The molecule has 0 spiro atoms. The highest BCUT2D eigenvalue weighted by atomic mass is 16.5. The van der Waals surface area contributed by atoms with Gasteiger partial charge in [-0.2, -0.15) is 5.10 Å². The van der Waals surface area contributed by atoms with Crippen LogP contribution in [0.3, 0.4) is 0 Å². The Kier molecular flexibility index (Phi) is 4.65. The molecule has 0 bridgehead atoms. The van der Waals surface area contributed by atoms with Crippen LogP contribution in [-0.2, 0) is 11.2 Å². The molecule has 23 heavy (non-hydrogen) atoms. The highest BCUT2D eigenvalue weighted by molar-refractivity contribution is 5.79. The number of H-pyrrole nitrogens is 1. The second-order valence-electron chi connectivity index (χ2n) is 6.18. The number of methoxy groups -OCH3 is 1. The Hall–Kier alpha value is -2.30. The average Bonchev–Trinajstić information content (AvgIpc) is 3.10. The standard InChI is InChI=1S/C18H23N3O2/c1-13-5-6-17(23-2)15(10-13)11-18(22)21-9-3-4-14(12-21)16-7-8-19-20-16/h5-8,10,14H,3-4,9,11-12H2,1-2H3,(H,19,20)/t14-/m1/s1. The molecule has 0 saturated carbocycles. The third-order valence-electron chi connectivity index (χ3n) is 4.51. The summed E-state index contributed by atoms with van der Waals surface area (Å²) in [6, 6.07) is 7.97. The van der Waals surface area contributed by atoms with Crippen LogP contribution in [0.2, 0.25) is 0 Å². The molecule has 0 unspecified atom stereocenters. The van der Waals surface area contributed by atoms with Crippen LogP contribution < -0.4 is 4.74 Å². The van der Waals surface area contributed by atoms with Crippen molar-refractivity contribution in [3.63, 3.8) is 0 Å². The molecule has 0 aliphatic carbocycles. The molecule has 2 heterocycles. The van der Waals surface area contributed by atoms with E-state index in [2.05, 4.69) is 10.2 Å². The fourth-order valence-corrected chi connectivity index (χ4v) is 3.27. The van der Waals surface area contributed by atoms with E-state index in [1.807, 2.05) is 36.1 Å².